The molecule has 1 aliphatic rings. The number of benzene rings is 1. The molecule has 20 heavy (non-hydrogen) atoms. The van der Waals surface area contributed by atoms with Gasteiger partial charge < -0.3 is 14.7 Å². The highest BCUT2D eigenvalue weighted by molar-refractivity contribution is 5.76. The first-order valence-corrected chi connectivity index (χ1v) is 7.15. The van der Waals surface area contributed by atoms with Crippen LogP contribution in [0, 0.1) is 5.92 Å². The molecule has 4 heteroatoms. The van der Waals surface area contributed by atoms with Crippen LogP contribution in [0.25, 0.3) is 0 Å². The van der Waals surface area contributed by atoms with E-state index < -0.39 is 5.97 Å². The van der Waals surface area contributed by atoms with Crippen LogP contribution in [0.2, 0.25) is 0 Å². The monoisotopic (exact) mass is 277 g/mol. The van der Waals surface area contributed by atoms with Crippen molar-refractivity contribution < 1.29 is 14.6 Å². The predicted molar refractivity (Wildman–Crippen MR) is 79.6 cm³/mol. The molecule has 1 unspecified atom stereocenters. The molecule has 0 radical (unpaired) electrons. The van der Waals surface area contributed by atoms with Crippen molar-refractivity contribution in [1.29, 1.82) is 0 Å². The summed E-state index contributed by atoms with van der Waals surface area (Å²) in [6.07, 6.45) is 0.0340. The normalized spacial score (nSPS) is 18.1. The fourth-order valence-electron chi connectivity index (χ4n) is 2.42. The third-order valence-corrected chi connectivity index (χ3v) is 3.74. The lowest BCUT2D eigenvalue weighted by molar-refractivity contribution is -0.135. The summed E-state index contributed by atoms with van der Waals surface area (Å²) in [7, 11) is 0. The van der Waals surface area contributed by atoms with Crippen LogP contribution in [-0.4, -0.2) is 30.3 Å². The Morgan fingerprint density at radius 1 is 1.40 bits per heavy atom. The number of carbonyl (C=O) groups is 1. The van der Waals surface area contributed by atoms with E-state index in [1.165, 1.54) is 5.56 Å². The zero-order chi connectivity index (χ0) is 14.9. The molecular weight excluding hydrogens is 254 g/mol. The number of nitrogens with zero attached hydrogens (tertiary/aromatic N) is 1. The van der Waals surface area contributed by atoms with Gasteiger partial charge in [0.2, 0.25) is 0 Å². The number of fused-ring (bicyclic) bond motifs is 1. The largest absolute Gasteiger partial charge is 0.486 e. The maximum Gasteiger partial charge on any atom is 0.323 e. The van der Waals surface area contributed by atoms with Gasteiger partial charge in [0.25, 0.3) is 0 Å². The van der Waals surface area contributed by atoms with E-state index in [1.54, 1.807) is 0 Å². The van der Waals surface area contributed by atoms with Gasteiger partial charge >= 0.3 is 5.97 Å². The van der Waals surface area contributed by atoms with Gasteiger partial charge in [-0.15, -0.1) is 0 Å². The van der Waals surface area contributed by atoms with Crippen LogP contribution in [0.4, 0.5) is 5.69 Å². The van der Waals surface area contributed by atoms with Crippen LogP contribution >= 0.6 is 0 Å². The van der Waals surface area contributed by atoms with Crippen LogP contribution in [-0.2, 0) is 4.79 Å². The topological polar surface area (TPSA) is 49.8 Å². The molecule has 0 amide bonds. The highest BCUT2D eigenvalue weighted by atomic mass is 16.5. The van der Waals surface area contributed by atoms with Crippen molar-refractivity contribution in [3.05, 3.63) is 23.8 Å². The predicted octanol–water partition coefficient (Wildman–Crippen LogP) is 3.12. The SMILES string of the molecule is CC(C)c1ccc2c(c1)N(CC(=O)O)CC(C(C)C)O2. The van der Waals surface area contributed by atoms with Crippen molar-refractivity contribution in [3.63, 3.8) is 0 Å². The molecule has 0 aliphatic carbocycles. The van der Waals surface area contributed by atoms with Crippen LogP contribution in [0.1, 0.15) is 39.2 Å². The van der Waals surface area contributed by atoms with Gasteiger partial charge in [-0.05, 0) is 29.5 Å². The standard InChI is InChI=1S/C16H23NO3/c1-10(2)12-5-6-14-13(7-12)17(9-16(18)19)8-15(20-14)11(3)4/h5-7,10-11,15H,8-9H2,1-4H3,(H,18,19). The van der Waals surface area contributed by atoms with Crippen molar-refractivity contribution in [2.75, 3.05) is 18.0 Å². The van der Waals surface area contributed by atoms with Gasteiger partial charge in [-0.2, -0.15) is 0 Å². The summed E-state index contributed by atoms with van der Waals surface area (Å²) >= 11 is 0. The molecule has 110 valence electrons. The number of carboxylic acids is 1. The van der Waals surface area contributed by atoms with Gasteiger partial charge in [-0.25, -0.2) is 0 Å². The highest BCUT2D eigenvalue weighted by Crippen LogP contribution is 2.37. The van der Waals surface area contributed by atoms with Gasteiger partial charge in [-0.1, -0.05) is 33.8 Å². The molecule has 0 aromatic heterocycles. The van der Waals surface area contributed by atoms with Crippen molar-refractivity contribution in [1.82, 2.24) is 0 Å². The minimum atomic E-state index is -0.810. The molecule has 1 aromatic carbocycles. The third kappa shape index (κ3) is 3.06. The molecule has 0 fully saturated rings. The van der Waals surface area contributed by atoms with Crippen molar-refractivity contribution in [2.24, 2.45) is 5.92 Å². The summed E-state index contributed by atoms with van der Waals surface area (Å²) in [4.78, 5) is 13.0. The van der Waals surface area contributed by atoms with Gasteiger partial charge in [0, 0.05) is 0 Å². The number of aliphatic carboxylic acids is 1. The Hall–Kier alpha value is -1.71. The minimum Gasteiger partial charge on any atom is -0.486 e. The number of hydrogen-bond acceptors (Lipinski definition) is 3. The van der Waals surface area contributed by atoms with Crippen molar-refractivity contribution in [3.8, 4) is 5.75 Å². The van der Waals surface area contributed by atoms with Crippen molar-refractivity contribution in [2.45, 2.75) is 39.7 Å². The molecule has 1 N–H and O–H groups in total. The van der Waals surface area contributed by atoms with Gasteiger partial charge in [-0.3, -0.25) is 4.79 Å². The Balaban J connectivity index is 2.37. The maximum atomic E-state index is 11.1. The van der Waals surface area contributed by atoms with E-state index >= 15 is 0 Å². The quantitative estimate of drug-likeness (QED) is 0.918. The summed E-state index contributed by atoms with van der Waals surface area (Å²) in [6, 6.07) is 6.08. The lowest BCUT2D eigenvalue weighted by atomic mass is 9.99. The first-order valence-electron chi connectivity index (χ1n) is 7.15. The van der Waals surface area contributed by atoms with E-state index in [0.717, 1.165) is 11.4 Å². The van der Waals surface area contributed by atoms with E-state index in [0.29, 0.717) is 18.4 Å². The lowest BCUT2D eigenvalue weighted by Gasteiger charge is -2.37. The summed E-state index contributed by atoms with van der Waals surface area (Å²) in [5.74, 6) is 0.745. The Labute approximate surface area is 120 Å². The van der Waals surface area contributed by atoms with Crippen LogP contribution in [0.5, 0.6) is 5.75 Å². The molecule has 0 bridgehead atoms. The average Bonchev–Trinajstić information content (AvgIpc) is 2.37. The van der Waals surface area contributed by atoms with Crippen LogP contribution in [0.3, 0.4) is 0 Å². The van der Waals surface area contributed by atoms with Crippen LogP contribution in [0.15, 0.2) is 18.2 Å². The van der Waals surface area contributed by atoms with Gasteiger partial charge in [0.1, 0.15) is 18.4 Å². The number of rotatable bonds is 4. The summed E-state index contributed by atoms with van der Waals surface area (Å²) in [5.41, 5.74) is 2.10. The Morgan fingerprint density at radius 2 is 2.10 bits per heavy atom. The van der Waals surface area contributed by atoms with E-state index in [2.05, 4.69) is 39.8 Å². The molecule has 2 rings (SSSR count). The maximum absolute atomic E-state index is 11.1. The van der Waals surface area contributed by atoms with Gasteiger partial charge in [0.05, 0.1) is 12.2 Å². The molecule has 1 aromatic rings. The van der Waals surface area contributed by atoms with Crippen molar-refractivity contribution >= 4 is 11.7 Å². The smallest absolute Gasteiger partial charge is 0.323 e. The number of anilines is 1. The molecule has 0 saturated heterocycles. The second-order valence-electron chi connectivity index (χ2n) is 6.06. The molecular formula is C16H23NO3. The summed E-state index contributed by atoms with van der Waals surface area (Å²) in [6.45, 7) is 9.08. The van der Waals surface area contributed by atoms with E-state index in [1.807, 2.05) is 11.0 Å². The molecule has 1 aliphatic heterocycles. The average molecular weight is 277 g/mol. The molecule has 1 atom stereocenters. The number of ether oxygens (including phenoxy) is 1. The van der Waals surface area contributed by atoms with Crippen LogP contribution < -0.4 is 9.64 Å². The molecule has 4 nitrogen and oxygen atoms in total. The zero-order valence-corrected chi connectivity index (χ0v) is 12.6. The number of carboxylic acid groups (broad SMARTS) is 1. The van der Waals surface area contributed by atoms with Gasteiger partial charge in [0.15, 0.2) is 0 Å². The first kappa shape index (κ1) is 14.7. The van der Waals surface area contributed by atoms with E-state index in [-0.39, 0.29) is 12.6 Å². The number of hydrogen-bond donors (Lipinski definition) is 1. The molecule has 0 spiro atoms. The highest BCUT2D eigenvalue weighted by Gasteiger charge is 2.29. The fourth-order valence-corrected chi connectivity index (χ4v) is 2.42. The summed E-state index contributed by atoms with van der Waals surface area (Å²) in [5, 5.41) is 9.11. The fraction of sp³-hybridized carbons (Fsp3) is 0.562. The second-order valence-corrected chi connectivity index (χ2v) is 6.06. The Morgan fingerprint density at radius 3 is 2.65 bits per heavy atom. The Kier molecular flexibility index (Phi) is 4.21. The second kappa shape index (κ2) is 5.73. The summed E-state index contributed by atoms with van der Waals surface area (Å²) < 4.78 is 6.01. The van der Waals surface area contributed by atoms with E-state index in [4.69, 9.17) is 9.84 Å². The Bertz CT molecular complexity index is 496. The first-order chi connectivity index (χ1) is 9.38. The molecule has 1 heterocycles. The molecule has 0 saturated carbocycles. The zero-order valence-electron chi connectivity index (χ0n) is 12.6. The minimum absolute atomic E-state index is 0.0150. The van der Waals surface area contributed by atoms with E-state index in [9.17, 15) is 4.79 Å². The lowest BCUT2D eigenvalue weighted by Crippen LogP contribution is -2.44. The third-order valence-electron chi connectivity index (χ3n) is 3.74.